The highest BCUT2D eigenvalue weighted by Crippen LogP contribution is 2.21. The van der Waals surface area contributed by atoms with Crippen molar-refractivity contribution in [2.75, 3.05) is 11.1 Å². The van der Waals surface area contributed by atoms with E-state index in [1.54, 1.807) is 18.2 Å². The normalized spacial score (nSPS) is 11.6. The predicted molar refractivity (Wildman–Crippen MR) is 101 cm³/mol. The van der Waals surface area contributed by atoms with Gasteiger partial charge in [0.25, 0.3) is 5.91 Å². The average molecular weight is 399 g/mol. The van der Waals surface area contributed by atoms with Crippen LogP contribution in [0.3, 0.4) is 0 Å². The molecule has 0 spiro atoms. The summed E-state index contributed by atoms with van der Waals surface area (Å²) in [7, 11) is 0. The Hall–Kier alpha value is -1.76. The first-order valence-electron chi connectivity index (χ1n) is 7.39. The zero-order chi connectivity index (χ0) is 18.2. The summed E-state index contributed by atoms with van der Waals surface area (Å²) in [5.74, 6) is -0.242. The molecule has 1 heterocycles. The Morgan fingerprint density at radius 3 is 2.72 bits per heavy atom. The lowest BCUT2D eigenvalue weighted by Crippen LogP contribution is -2.30. The Morgan fingerprint density at radius 1 is 1.24 bits per heavy atom. The molecular formula is C17H16Cl2N2O3S. The van der Waals surface area contributed by atoms with Crippen molar-refractivity contribution in [2.45, 2.75) is 18.8 Å². The molecule has 25 heavy (non-hydrogen) atoms. The van der Waals surface area contributed by atoms with E-state index in [2.05, 4.69) is 10.3 Å². The summed E-state index contributed by atoms with van der Waals surface area (Å²) in [4.78, 5) is 27.8. The molecule has 1 aromatic heterocycles. The number of esters is 1. The molecule has 0 bridgehead atoms. The maximum absolute atomic E-state index is 12.0. The summed E-state index contributed by atoms with van der Waals surface area (Å²) in [5.41, 5.74) is 1.31. The van der Waals surface area contributed by atoms with E-state index in [9.17, 15) is 9.59 Å². The van der Waals surface area contributed by atoms with E-state index in [0.717, 1.165) is 5.56 Å². The molecule has 1 N–H and O–H groups in total. The van der Waals surface area contributed by atoms with Crippen molar-refractivity contribution in [3.63, 3.8) is 0 Å². The number of rotatable bonds is 7. The molecule has 0 aliphatic heterocycles. The second-order valence-corrected chi connectivity index (χ2v) is 6.80. The molecule has 132 valence electrons. The lowest BCUT2D eigenvalue weighted by atomic mass is 10.2. The number of thioether (sulfide) groups is 1. The van der Waals surface area contributed by atoms with Crippen LogP contribution in [0, 0.1) is 0 Å². The van der Waals surface area contributed by atoms with Gasteiger partial charge in [0.2, 0.25) is 0 Å². The maximum Gasteiger partial charge on any atom is 0.316 e. The molecule has 0 fully saturated rings. The van der Waals surface area contributed by atoms with E-state index in [0.29, 0.717) is 16.5 Å². The monoisotopic (exact) mass is 398 g/mol. The van der Waals surface area contributed by atoms with Crippen molar-refractivity contribution in [3.8, 4) is 0 Å². The lowest BCUT2D eigenvalue weighted by molar-refractivity contribution is -0.150. The molecule has 1 amide bonds. The van der Waals surface area contributed by atoms with Gasteiger partial charge in [-0.1, -0.05) is 41.4 Å². The predicted octanol–water partition coefficient (Wildman–Crippen LogP) is 4.19. The van der Waals surface area contributed by atoms with Crippen LogP contribution in [-0.2, 0) is 20.1 Å². The molecule has 2 aromatic rings. The van der Waals surface area contributed by atoms with Crippen LogP contribution in [0.15, 0.2) is 42.6 Å². The molecule has 0 unspecified atom stereocenters. The van der Waals surface area contributed by atoms with Crippen LogP contribution in [0.25, 0.3) is 0 Å². The number of hydrogen-bond acceptors (Lipinski definition) is 5. The number of benzene rings is 1. The topological polar surface area (TPSA) is 68.3 Å². The summed E-state index contributed by atoms with van der Waals surface area (Å²) in [6, 6.07) is 10.7. The first kappa shape index (κ1) is 19.6. The fourth-order valence-electron chi connectivity index (χ4n) is 1.86. The number of nitrogens with one attached hydrogen (secondary N) is 1. The zero-order valence-electron chi connectivity index (χ0n) is 13.4. The number of ether oxygens (including phenoxy) is 1. The molecule has 0 aliphatic rings. The van der Waals surface area contributed by atoms with Crippen LogP contribution in [-0.4, -0.2) is 28.7 Å². The standard InChI is InChI=1S/C17H16Cl2N2O3S/c1-11(17(23)21-14-7-4-8-20-16(14)19)24-15(22)10-25-9-12-5-2-3-6-13(12)18/h2-8,11H,9-10H2,1H3,(H,21,23)/t11-/m0/s1. The van der Waals surface area contributed by atoms with Crippen LogP contribution < -0.4 is 5.32 Å². The summed E-state index contributed by atoms with van der Waals surface area (Å²) >= 11 is 13.3. The summed E-state index contributed by atoms with van der Waals surface area (Å²) in [6.45, 7) is 1.50. The third kappa shape index (κ3) is 6.23. The highest BCUT2D eigenvalue weighted by atomic mass is 35.5. The van der Waals surface area contributed by atoms with Crippen molar-refractivity contribution < 1.29 is 14.3 Å². The molecule has 2 rings (SSSR count). The molecule has 0 radical (unpaired) electrons. The third-order valence-electron chi connectivity index (χ3n) is 3.13. The van der Waals surface area contributed by atoms with Crippen molar-refractivity contribution in [1.82, 2.24) is 4.98 Å². The van der Waals surface area contributed by atoms with Gasteiger partial charge in [-0.25, -0.2) is 4.98 Å². The summed E-state index contributed by atoms with van der Waals surface area (Å²) in [6.07, 6.45) is 0.571. The number of anilines is 1. The second-order valence-electron chi connectivity index (χ2n) is 5.05. The highest BCUT2D eigenvalue weighted by molar-refractivity contribution is 7.99. The number of nitrogens with zero attached hydrogens (tertiary/aromatic N) is 1. The SMILES string of the molecule is C[C@H](OC(=O)CSCc1ccccc1Cl)C(=O)Nc1cccnc1Cl. The number of hydrogen-bond donors (Lipinski definition) is 1. The van der Waals surface area contributed by atoms with Gasteiger partial charge >= 0.3 is 5.97 Å². The van der Waals surface area contributed by atoms with E-state index in [1.807, 2.05) is 18.2 Å². The first-order chi connectivity index (χ1) is 12.0. The number of amides is 1. The van der Waals surface area contributed by atoms with E-state index < -0.39 is 18.0 Å². The summed E-state index contributed by atoms with van der Waals surface area (Å²) in [5, 5.41) is 3.40. The molecule has 0 saturated heterocycles. The third-order valence-corrected chi connectivity index (χ3v) is 4.75. The van der Waals surface area contributed by atoms with Crippen LogP contribution in [0.2, 0.25) is 10.2 Å². The molecule has 8 heteroatoms. The van der Waals surface area contributed by atoms with Crippen LogP contribution in [0.1, 0.15) is 12.5 Å². The number of pyridine rings is 1. The van der Waals surface area contributed by atoms with Crippen molar-refractivity contribution in [3.05, 3.63) is 58.3 Å². The van der Waals surface area contributed by atoms with Crippen molar-refractivity contribution in [2.24, 2.45) is 0 Å². The number of carbonyl (C=O) groups is 2. The van der Waals surface area contributed by atoms with Gasteiger partial charge in [0.1, 0.15) is 0 Å². The Morgan fingerprint density at radius 2 is 2.00 bits per heavy atom. The maximum atomic E-state index is 12.0. The van der Waals surface area contributed by atoms with E-state index in [-0.39, 0.29) is 10.9 Å². The summed E-state index contributed by atoms with van der Waals surface area (Å²) < 4.78 is 5.12. The Labute approximate surface area is 160 Å². The Bertz CT molecular complexity index is 758. The fourth-order valence-corrected chi connectivity index (χ4v) is 3.11. The molecule has 5 nitrogen and oxygen atoms in total. The number of carbonyl (C=O) groups excluding carboxylic acids is 2. The van der Waals surface area contributed by atoms with Gasteiger partial charge in [-0.3, -0.25) is 9.59 Å². The minimum absolute atomic E-state index is 0.122. The average Bonchev–Trinajstić information content (AvgIpc) is 2.58. The quantitative estimate of drug-likeness (QED) is 0.559. The van der Waals surface area contributed by atoms with Gasteiger partial charge in [0.05, 0.1) is 11.4 Å². The molecule has 1 atom stereocenters. The number of aromatic nitrogens is 1. The first-order valence-corrected chi connectivity index (χ1v) is 9.30. The van der Waals surface area contributed by atoms with E-state index >= 15 is 0 Å². The smallest absolute Gasteiger partial charge is 0.316 e. The van der Waals surface area contributed by atoms with Crippen LogP contribution in [0.5, 0.6) is 0 Å². The van der Waals surface area contributed by atoms with Gasteiger partial charge in [-0.2, -0.15) is 0 Å². The minimum atomic E-state index is -0.940. The van der Waals surface area contributed by atoms with Crippen LogP contribution >= 0.6 is 35.0 Å². The minimum Gasteiger partial charge on any atom is -0.452 e. The van der Waals surface area contributed by atoms with Gasteiger partial charge in [0.15, 0.2) is 11.3 Å². The lowest BCUT2D eigenvalue weighted by Gasteiger charge is -2.14. The molecular weight excluding hydrogens is 383 g/mol. The van der Waals surface area contributed by atoms with E-state index in [1.165, 1.54) is 24.9 Å². The van der Waals surface area contributed by atoms with Gasteiger partial charge in [-0.15, -0.1) is 11.8 Å². The molecule has 1 aromatic carbocycles. The Balaban J connectivity index is 1.77. The van der Waals surface area contributed by atoms with Crippen LogP contribution in [0.4, 0.5) is 5.69 Å². The highest BCUT2D eigenvalue weighted by Gasteiger charge is 2.19. The largest absolute Gasteiger partial charge is 0.452 e. The second kappa shape index (κ2) is 9.65. The van der Waals surface area contributed by atoms with E-state index in [4.69, 9.17) is 27.9 Å². The molecule has 0 aliphatic carbocycles. The van der Waals surface area contributed by atoms with Crippen molar-refractivity contribution in [1.29, 1.82) is 0 Å². The molecule has 0 saturated carbocycles. The van der Waals surface area contributed by atoms with Gasteiger partial charge < -0.3 is 10.1 Å². The fraction of sp³-hybridized carbons (Fsp3) is 0.235. The zero-order valence-corrected chi connectivity index (χ0v) is 15.7. The number of halogens is 2. The van der Waals surface area contributed by atoms with Gasteiger partial charge in [-0.05, 0) is 30.7 Å². The van der Waals surface area contributed by atoms with Gasteiger partial charge in [0, 0.05) is 17.0 Å². The Kier molecular flexibility index (Phi) is 7.55. The van der Waals surface area contributed by atoms with Crippen molar-refractivity contribution >= 4 is 52.5 Å².